The maximum Gasteiger partial charge on any atom is 0.203 e. The molecule has 0 bridgehead atoms. The zero-order valence-electron chi connectivity index (χ0n) is 15.7. The Labute approximate surface area is 155 Å². The Morgan fingerprint density at radius 3 is 2.42 bits per heavy atom. The van der Waals surface area contributed by atoms with Gasteiger partial charge in [-0.1, -0.05) is 24.3 Å². The van der Waals surface area contributed by atoms with Crippen molar-refractivity contribution >= 4 is 0 Å². The minimum absolute atomic E-state index is 0.450. The Bertz CT molecular complexity index is 681. The normalized spacial score (nSPS) is 17.7. The average Bonchev–Trinajstić information content (AvgIpc) is 2.68. The summed E-state index contributed by atoms with van der Waals surface area (Å²) in [6.07, 6.45) is 0.937. The largest absolute Gasteiger partial charge is 0.493 e. The molecular weight excluding hydrogens is 328 g/mol. The molecule has 1 unspecified atom stereocenters. The van der Waals surface area contributed by atoms with Gasteiger partial charge in [-0.25, -0.2) is 0 Å². The van der Waals surface area contributed by atoms with Crippen LogP contribution in [-0.4, -0.2) is 58.5 Å². The topological polar surface area (TPSA) is 43.0 Å². The van der Waals surface area contributed by atoms with Crippen molar-refractivity contribution in [3.8, 4) is 28.4 Å². The first kappa shape index (κ1) is 18.5. The highest BCUT2D eigenvalue weighted by molar-refractivity contribution is 5.70. The van der Waals surface area contributed by atoms with E-state index in [1.807, 2.05) is 36.4 Å². The molecule has 1 fully saturated rings. The molecule has 1 aliphatic heterocycles. The Balaban J connectivity index is 1.73. The summed E-state index contributed by atoms with van der Waals surface area (Å²) in [4.78, 5) is 2.34. The minimum atomic E-state index is 0.450. The van der Waals surface area contributed by atoms with Crippen LogP contribution in [0.5, 0.6) is 17.2 Å². The predicted octanol–water partition coefficient (Wildman–Crippen LogP) is 2.84. The van der Waals surface area contributed by atoms with Crippen molar-refractivity contribution in [1.82, 2.24) is 10.2 Å². The minimum Gasteiger partial charge on any atom is -0.493 e. The van der Waals surface area contributed by atoms with Crippen LogP contribution in [0.25, 0.3) is 11.1 Å². The number of likely N-dealkylation sites (N-methyl/N-ethyl adjacent to an activating group) is 1. The third-order valence-corrected chi connectivity index (χ3v) is 4.68. The molecule has 1 atom stereocenters. The number of piperazine rings is 1. The van der Waals surface area contributed by atoms with Gasteiger partial charge in [0.2, 0.25) is 5.75 Å². The Kier molecular flexibility index (Phi) is 6.36. The fraction of sp³-hybridized carbons (Fsp3) is 0.429. The van der Waals surface area contributed by atoms with E-state index in [2.05, 4.69) is 23.3 Å². The van der Waals surface area contributed by atoms with E-state index >= 15 is 0 Å². The lowest BCUT2D eigenvalue weighted by atomic mass is 10.0. The lowest BCUT2D eigenvalue weighted by Gasteiger charge is -2.30. The summed E-state index contributed by atoms with van der Waals surface area (Å²) in [5, 5.41) is 3.54. The molecule has 0 aromatic heterocycles. The maximum atomic E-state index is 6.06. The smallest absolute Gasteiger partial charge is 0.203 e. The van der Waals surface area contributed by atoms with E-state index in [-0.39, 0.29) is 0 Å². The summed E-state index contributed by atoms with van der Waals surface area (Å²) in [7, 11) is 5.46. The third-order valence-electron chi connectivity index (χ3n) is 4.68. The van der Waals surface area contributed by atoms with Crippen molar-refractivity contribution in [2.75, 3.05) is 47.5 Å². The molecule has 26 heavy (non-hydrogen) atoms. The van der Waals surface area contributed by atoms with Crippen LogP contribution in [0.15, 0.2) is 36.4 Å². The number of ether oxygens (including phenoxy) is 3. The Morgan fingerprint density at radius 2 is 1.81 bits per heavy atom. The summed E-state index contributed by atoms with van der Waals surface area (Å²) in [5.41, 5.74) is 2.11. The molecule has 1 saturated heterocycles. The molecule has 1 radical (unpaired) electrons. The lowest BCUT2D eigenvalue weighted by Crippen LogP contribution is -2.49. The molecule has 2 aromatic carbocycles. The maximum absolute atomic E-state index is 6.06. The quantitative estimate of drug-likeness (QED) is 0.827. The van der Waals surface area contributed by atoms with Crippen LogP contribution in [-0.2, 0) is 0 Å². The molecule has 1 heterocycles. The highest BCUT2D eigenvalue weighted by atomic mass is 16.5. The number of nitrogens with zero attached hydrogens (tertiary/aromatic N) is 1. The van der Waals surface area contributed by atoms with Crippen LogP contribution in [0.1, 0.15) is 6.42 Å². The molecular formula is C21H27N2O3. The monoisotopic (exact) mass is 355 g/mol. The zero-order chi connectivity index (χ0) is 18.4. The zero-order valence-corrected chi connectivity index (χ0v) is 15.7. The van der Waals surface area contributed by atoms with Gasteiger partial charge in [-0.15, -0.1) is 0 Å². The van der Waals surface area contributed by atoms with E-state index in [1.165, 1.54) is 0 Å². The average molecular weight is 355 g/mol. The molecule has 5 nitrogen and oxygen atoms in total. The van der Waals surface area contributed by atoms with Crippen LogP contribution in [0.3, 0.4) is 0 Å². The van der Waals surface area contributed by atoms with Crippen molar-refractivity contribution in [2.24, 2.45) is 0 Å². The van der Waals surface area contributed by atoms with E-state index in [4.69, 9.17) is 14.2 Å². The highest BCUT2D eigenvalue weighted by Crippen LogP contribution is 2.41. The first-order chi connectivity index (χ1) is 12.7. The van der Waals surface area contributed by atoms with Gasteiger partial charge >= 0.3 is 0 Å². The number of nitrogens with one attached hydrogen (secondary N) is 1. The van der Waals surface area contributed by atoms with E-state index in [9.17, 15) is 0 Å². The van der Waals surface area contributed by atoms with Crippen molar-refractivity contribution < 1.29 is 14.2 Å². The molecule has 3 rings (SSSR count). The number of rotatable bonds is 7. The van der Waals surface area contributed by atoms with Gasteiger partial charge in [0.05, 0.1) is 20.8 Å². The van der Waals surface area contributed by atoms with Gasteiger partial charge in [-0.2, -0.15) is 0 Å². The molecule has 2 aromatic rings. The molecule has 0 saturated carbocycles. The second kappa shape index (κ2) is 8.92. The second-order valence-electron chi connectivity index (χ2n) is 6.55. The fourth-order valence-electron chi connectivity index (χ4n) is 3.26. The third kappa shape index (κ3) is 4.48. The number of benzene rings is 2. The summed E-state index contributed by atoms with van der Waals surface area (Å²) in [6.45, 7) is 3.77. The molecule has 1 aliphatic rings. The molecule has 139 valence electrons. The van der Waals surface area contributed by atoms with Crippen molar-refractivity contribution in [3.05, 3.63) is 42.5 Å². The van der Waals surface area contributed by atoms with Crippen LogP contribution in [0.4, 0.5) is 0 Å². The van der Waals surface area contributed by atoms with Crippen molar-refractivity contribution in [1.29, 1.82) is 0 Å². The molecule has 5 heteroatoms. The second-order valence-corrected chi connectivity index (χ2v) is 6.55. The van der Waals surface area contributed by atoms with Crippen molar-refractivity contribution in [2.45, 2.75) is 12.5 Å². The van der Waals surface area contributed by atoms with Gasteiger partial charge in [0.15, 0.2) is 11.5 Å². The molecule has 0 aliphatic carbocycles. The van der Waals surface area contributed by atoms with Gasteiger partial charge in [0.1, 0.15) is 0 Å². The lowest BCUT2D eigenvalue weighted by molar-refractivity contribution is 0.200. The van der Waals surface area contributed by atoms with E-state index in [0.717, 1.165) is 37.2 Å². The number of hydrogen-bond acceptors (Lipinski definition) is 5. The van der Waals surface area contributed by atoms with E-state index < -0.39 is 0 Å². The number of hydrogen-bond donors (Lipinski definition) is 1. The summed E-state index contributed by atoms with van der Waals surface area (Å²) in [6, 6.07) is 15.3. The van der Waals surface area contributed by atoms with E-state index in [0.29, 0.717) is 29.9 Å². The molecule has 0 spiro atoms. The van der Waals surface area contributed by atoms with Crippen molar-refractivity contribution in [3.63, 3.8) is 0 Å². The van der Waals surface area contributed by atoms with Gasteiger partial charge < -0.3 is 24.4 Å². The van der Waals surface area contributed by atoms with Gasteiger partial charge in [0, 0.05) is 25.7 Å². The van der Waals surface area contributed by atoms with E-state index in [1.54, 1.807) is 14.2 Å². The summed E-state index contributed by atoms with van der Waals surface area (Å²) in [5.74, 6) is 2.02. The Hall–Kier alpha value is -2.24. The standard InChI is InChI=1S/C21H27N2O3/c1-23-11-10-22-18(15-23)9-12-26-21-19(24-2)13-17(14-20(21)25-3)16-7-5-4-6-8-16/h5-8,13-14,18,22H,9-12,15H2,1-3H3. The SMILES string of the molecule is COc1cc(-c2cc[c]cc2)cc(OC)c1OCCC1CN(C)CCN1. The van der Waals surface area contributed by atoms with Crippen LogP contribution in [0.2, 0.25) is 0 Å². The van der Waals surface area contributed by atoms with Crippen LogP contribution >= 0.6 is 0 Å². The van der Waals surface area contributed by atoms with Gasteiger partial charge in [-0.05, 0) is 42.8 Å². The predicted molar refractivity (Wildman–Crippen MR) is 103 cm³/mol. The van der Waals surface area contributed by atoms with Crippen LogP contribution < -0.4 is 19.5 Å². The van der Waals surface area contributed by atoms with Gasteiger partial charge in [0.25, 0.3) is 0 Å². The number of methoxy groups -OCH3 is 2. The molecule has 0 amide bonds. The first-order valence-corrected chi connectivity index (χ1v) is 8.98. The molecule has 1 N–H and O–H groups in total. The van der Waals surface area contributed by atoms with Gasteiger partial charge in [-0.3, -0.25) is 0 Å². The Morgan fingerprint density at radius 1 is 1.12 bits per heavy atom. The summed E-state index contributed by atoms with van der Waals surface area (Å²) >= 11 is 0. The van der Waals surface area contributed by atoms with Crippen LogP contribution in [0, 0.1) is 6.07 Å². The first-order valence-electron chi connectivity index (χ1n) is 8.98. The summed E-state index contributed by atoms with van der Waals surface area (Å²) < 4.78 is 17.2. The highest BCUT2D eigenvalue weighted by Gasteiger charge is 2.18. The fourth-order valence-corrected chi connectivity index (χ4v) is 3.26.